The Labute approximate surface area is 137 Å². The lowest BCUT2D eigenvalue weighted by molar-refractivity contribution is -0.143. The molecule has 4 nitrogen and oxygen atoms in total. The number of hydrogen-bond donors (Lipinski definition) is 1. The zero-order valence-corrected chi connectivity index (χ0v) is 13.8. The zero-order chi connectivity index (χ0) is 16.8. The highest BCUT2D eigenvalue weighted by Gasteiger charge is 2.21. The van der Waals surface area contributed by atoms with Gasteiger partial charge < -0.3 is 10.2 Å². The SMILES string of the molecule is CCN(Cc1ccccc1)C(=O)C(=O)Nc1cccc(C)c1C. The lowest BCUT2D eigenvalue weighted by atomic mass is 10.1. The van der Waals surface area contributed by atoms with Crippen LogP contribution in [0.4, 0.5) is 5.69 Å². The van der Waals surface area contributed by atoms with E-state index in [4.69, 9.17) is 0 Å². The number of carbonyl (C=O) groups excluding carboxylic acids is 2. The van der Waals surface area contributed by atoms with Gasteiger partial charge in [0.2, 0.25) is 0 Å². The van der Waals surface area contributed by atoms with Crippen molar-refractivity contribution in [3.63, 3.8) is 0 Å². The van der Waals surface area contributed by atoms with Crippen LogP contribution in [0.25, 0.3) is 0 Å². The average Bonchev–Trinajstić information content (AvgIpc) is 2.57. The van der Waals surface area contributed by atoms with Crippen molar-refractivity contribution in [3.05, 3.63) is 65.2 Å². The zero-order valence-electron chi connectivity index (χ0n) is 13.8. The molecule has 2 aromatic carbocycles. The molecule has 0 radical (unpaired) electrons. The molecule has 2 rings (SSSR count). The van der Waals surface area contributed by atoms with Crippen molar-refractivity contribution in [2.24, 2.45) is 0 Å². The summed E-state index contributed by atoms with van der Waals surface area (Å²) in [7, 11) is 0. The summed E-state index contributed by atoms with van der Waals surface area (Å²) in [6.45, 7) is 6.67. The number of aryl methyl sites for hydroxylation is 1. The Morgan fingerprint density at radius 1 is 1.00 bits per heavy atom. The number of likely N-dealkylation sites (N-methyl/N-ethyl adjacent to an activating group) is 1. The summed E-state index contributed by atoms with van der Waals surface area (Å²) >= 11 is 0. The topological polar surface area (TPSA) is 49.4 Å². The monoisotopic (exact) mass is 310 g/mol. The molecule has 0 unspecified atom stereocenters. The normalized spacial score (nSPS) is 10.2. The van der Waals surface area contributed by atoms with E-state index < -0.39 is 11.8 Å². The van der Waals surface area contributed by atoms with Crippen LogP contribution in [0.5, 0.6) is 0 Å². The van der Waals surface area contributed by atoms with Crippen molar-refractivity contribution in [1.82, 2.24) is 4.90 Å². The van der Waals surface area contributed by atoms with Gasteiger partial charge in [0.15, 0.2) is 0 Å². The van der Waals surface area contributed by atoms with Crippen molar-refractivity contribution in [2.75, 3.05) is 11.9 Å². The highest BCUT2D eigenvalue weighted by Crippen LogP contribution is 2.18. The minimum absolute atomic E-state index is 0.427. The smallest absolute Gasteiger partial charge is 0.313 e. The fourth-order valence-electron chi connectivity index (χ4n) is 2.34. The van der Waals surface area contributed by atoms with Gasteiger partial charge in [0.1, 0.15) is 0 Å². The fourth-order valence-corrected chi connectivity index (χ4v) is 2.34. The van der Waals surface area contributed by atoms with E-state index in [9.17, 15) is 9.59 Å². The third kappa shape index (κ3) is 4.19. The minimum atomic E-state index is -0.600. The van der Waals surface area contributed by atoms with Gasteiger partial charge in [-0.2, -0.15) is 0 Å². The average molecular weight is 310 g/mol. The molecule has 0 bridgehead atoms. The molecule has 4 heteroatoms. The third-order valence-corrected chi connectivity index (χ3v) is 3.93. The first-order chi connectivity index (χ1) is 11.0. The molecular weight excluding hydrogens is 288 g/mol. The third-order valence-electron chi connectivity index (χ3n) is 3.93. The van der Waals surface area contributed by atoms with E-state index in [0.29, 0.717) is 18.8 Å². The first kappa shape index (κ1) is 16.7. The summed E-state index contributed by atoms with van der Waals surface area (Å²) in [6.07, 6.45) is 0. The number of carbonyl (C=O) groups is 2. The fraction of sp³-hybridized carbons (Fsp3) is 0.263. The van der Waals surface area contributed by atoms with Gasteiger partial charge in [-0.05, 0) is 43.5 Å². The molecule has 0 heterocycles. The molecule has 2 amide bonds. The molecule has 0 spiro atoms. The molecule has 0 aliphatic rings. The van der Waals surface area contributed by atoms with Crippen LogP contribution in [0.15, 0.2) is 48.5 Å². The maximum absolute atomic E-state index is 12.4. The van der Waals surface area contributed by atoms with Crippen molar-refractivity contribution in [2.45, 2.75) is 27.3 Å². The molecule has 1 N–H and O–H groups in total. The van der Waals surface area contributed by atoms with Gasteiger partial charge in [-0.15, -0.1) is 0 Å². The van der Waals surface area contributed by atoms with E-state index in [1.807, 2.05) is 63.2 Å². The summed E-state index contributed by atoms with van der Waals surface area (Å²) in [4.78, 5) is 26.2. The van der Waals surface area contributed by atoms with Gasteiger partial charge in [-0.1, -0.05) is 42.5 Å². The largest absolute Gasteiger partial charge is 0.330 e. The predicted molar refractivity (Wildman–Crippen MR) is 92.1 cm³/mol. The Bertz CT molecular complexity index is 696. The quantitative estimate of drug-likeness (QED) is 0.881. The first-order valence-electron chi connectivity index (χ1n) is 7.73. The van der Waals surface area contributed by atoms with Crippen molar-refractivity contribution < 1.29 is 9.59 Å². The van der Waals surface area contributed by atoms with Crippen molar-refractivity contribution >= 4 is 17.5 Å². The van der Waals surface area contributed by atoms with E-state index in [1.54, 1.807) is 6.07 Å². The number of rotatable bonds is 4. The molecule has 0 atom stereocenters. The molecule has 0 aliphatic carbocycles. The maximum Gasteiger partial charge on any atom is 0.313 e. The van der Waals surface area contributed by atoms with Crippen molar-refractivity contribution in [1.29, 1.82) is 0 Å². The summed E-state index contributed by atoms with van der Waals surface area (Å²) in [6, 6.07) is 15.3. The highest BCUT2D eigenvalue weighted by molar-refractivity contribution is 6.39. The van der Waals surface area contributed by atoms with E-state index in [0.717, 1.165) is 16.7 Å². The Kier molecular flexibility index (Phi) is 5.52. The van der Waals surface area contributed by atoms with E-state index in [-0.39, 0.29) is 0 Å². The molecule has 0 saturated heterocycles. The number of hydrogen-bond acceptors (Lipinski definition) is 2. The van der Waals surface area contributed by atoms with E-state index >= 15 is 0 Å². The van der Waals surface area contributed by atoms with E-state index in [1.165, 1.54) is 4.90 Å². The number of nitrogens with zero attached hydrogens (tertiary/aromatic N) is 1. The molecular formula is C19H22N2O2. The van der Waals surface area contributed by atoms with Crippen molar-refractivity contribution in [3.8, 4) is 0 Å². The van der Waals surface area contributed by atoms with E-state index in [2.05, 4.69) is 5.32 Å². The molecule has 0 fully saturated rings. The molecule has 0 saturated carbocycles. The highest BCUT2D eigenvalue weighted by atomic mass is 16.2. The molecule has 23 heavy (non-hydrogen) atoms. The Morgan fingerprint density at radius 3 is 2.35 bits per heavy atom. The van der Waals surface area contributed by atoms with Crippen LogP contribution in [0.3, 0.4) is 0 Å². The lowest BCUT2D eigenvalue weighted by Crippen LogP contribution is -2.39. The standard InChI is InChI=1S/C19H22N2O2/c1-4-21(13-16-10-6-5-7-11-16)19(23)18(22)20-17-12-8-9-14(2)15(17)3/h5-12H,4,13H2,1-3H3,(H,20,22). The number of benzene rings is 2. The number of anilines is 1. The number of amides is 2. The Hall–Kier alpha value is -2.62. The second-order valence-electron chi connectivity index (χ2n) is 5.51. The van der Waals surface area contributed by atoms with Gasteiger partial charge in [0, 0.05) is 18.8 Å². The van der Waals surface area contributed by atoms with Crippen LogP contribution in [0, 0.1) is 13.8 Å². The van der Waals surface area contributed by atoms with Crippen LogP contribution in [-0.4, -0.2) is 23.3 Å². The minimum Gasteiger partial charge on any atom is -0.330 e. The molecule has 0 aliphatic heterocycles. The van der Waals surface area contributed by atoms with Gasteiger partial charge in [0.05, 0.1) is 0 Å². The maximum atomic E-state index is 12.4. The second-order valence-corrected chi connectivity index (χ2v) is 5.51. The van der Waals surface area contributed by atoms with Gasteiger partial charge in [0.25, 0.3) is 0 Å². The number of nitrogens with one attached hydrogen (secondary N) is 1. The Morgan fingerprint density at radius 2 is 1.70 bits per heavy atom. The molecule has 120 valence electrons. The summed E-state index contributed by atoms with van der Waals surface area (Å²) in [5, 5.41) is 2.72. The lowest BCUT2D eigenvalue weighted by Gasteiger charge is -2.20. The second kappa shape index (κ2) is 7.58. The van der Waals surface area contributed by atoms with Gasteiger partial charge in [-0.3, -0.25) is 9.59 Å². The Balaban J connectivity index is 2.08. The summed E-state index contributed by atoms with van der Waals surface area (Å²) in [5.41, 5.74) is 3.73. The van der Waals surface area contributed by atoms with Crippen LogP contribution in [-0.2, 0) is 16.1 Å². The van der Waals surface area contributed by atoms with Gasteiger partial charge >= 0.3 is 11.8 Å². The molecule has 0 aromatic heterocycles. The van der Waals surface area contributed by atoms with Crippen LogP contribution >= 0.6 is 0 Å². The summed E-state index contributed by atoms with van der Waals surface area (Å²) < 4.78 is 0. The molecule has 2 aromatic rings. The van der Waals surface area contributed by atoms with Crippen LogP contribution in [0.2, 0.25) is 0 Å². The van der Waals surface area contributed by atoms with Crippen LogP contribution < -0.4 is 5.32 Å². The first-order valence-corrected chi connectivity index (χ1v) is 7.73. The predicted octanol–water partition coefficient (Wildman–Crippen LogP) is 3.29. The van der Waals surface area contributed by atoms with Gasteiger partial charge in [-0.25, -0.2) is 0 Å². The van der Waals surface area contributed by atoms with Crippen LogP contribution in [0.1, 0.15) is 23.6 Å². The summed E-state index contributed by atoms with van der Waals surface area (Å²) in [5.74, 6) is -1.12.